The van der Waals surface area contributed by atoms with Crippen molar-refractivity contribution >= 4 is 16.8 Å². The van der Waals surface area contributed by atoms with E-state index >= 15 is 0 Å². The maximum Gasteiger partial charge on any atom is 0.0616 e. The van der Waals surface area contributed by atoms with Crippen LogP contribution in [0.5, 0.6) is 0 Å². The fourth-order valence-corrected chi connectivity index (χ4v) is 2.03. The summed E-state index contributed by atoms with van der Waals surface area (Å²) >= 11 is 1.67. The van der Waals surface area contributed by atoms with Crippen LogP contribution in [0.4, 0.5) is 0 Å². The quantitative estimate of drug-likeness (QED) is 0.351. The molecule has 0 heterocycles. The molecule has 1 nitrogen and oxygen atoms in total. The van der Waals surface area contributed by atoms with Gasteiger partial charge in [-0.15, -0.1) is 11.8 Å². The third-order valence-electron chi connectivity index (χ3n) is 1.54. The predicted octanol–water partition coefficient (Wildman–Crippen LogP) is 2.83. The van der Waals surface area contributed by atoms with Crippen LogP contribution in [0.15, 0.2) is 12.2 Å². The van der Waals surface area contributed by atoms with Gasteiger partial charge in [0, 0.05) is 5.25 Å². The van der Waals surface area contributed by atoms with Crippen LogP contribution >= 0.6 is 11.8 Å². The molecule has 10 heavy (non-hydrogen) atoms. The molecule has 0 saturated heterocycles. The van der Waals surface area contributed by atoms with Gasteiger partial charge < -0.3 is 0 Å². The van der Waals surface area contributed by atoms with Crippen molar-refractivity contribution in [2.45, 2.75) is 31.4 Å². The van der Waals surface area contributed by atoms with E-state index in [0.29, 0.717) is 5.25 Å². The molecule has 1 rings (SSSR count). The molecule has 1 N–H and O–H groups in total. The summed E-state index contributed by atoms with van der Waals surface area (Å²) in [6.07, 6.45) is 8.23. The van der Waals surface area contributed by atoms with Gasteiger partial charge in [0.25, 0.3) is 0 Å². The number of hydrogen-bond acceptors (Lipinski definition) is 2. The van der Waals surface area contributed by atoms with E-state index in [0.717, 1.165) is 5.04 Å². The van der Waals surface area contributed by atoms with Gasteiger partial charge in [-0.1, -0.05) is 12.2 Å². The van der Waals surface area contributed by atoms with E-state index in [1.807, 2.05) is 6.92 Å². The summed E-state index contributed by atoms with van der Waals surface area (Å²) in [5.41, 5.74) is 0. The second kappa shape index (κ2) is 3.81. The van der Waals surface area contributed by atoms with Gasteiger partial charge in [-0.25, -0.2) is 0 Å². The largest absolute Gasteiger partial charge is 0.299 e. The number of hydrogen-bond donors (Lipinski definition) is 1. The minimum atomic E-state index is 0.589. The Morgan fingerprint density at radius 2 is 2.50 bits per heavy atom. The van der Waals surface area contributed by atoms with E-state index in [1.165, 1.54) is 19.3 Å². The van der Waals surface area contributed by atoms with Gasteiger partial charge in [-0.05, 0) is 26.2 Å². The van der Waals surface area contributed by atoms with E-state index < -0.39 is 0 Å². The van der Waals surface area contributed by atoms with Crippen LogP contribution in [-0.2, 0) is 0 Å². The van der Waals surface area contributed by atoms with Crippen LogP contribution in [0.1, 0.15) is 26.2 Å². The highest BCUT2D eigenvalue weighted by molar-refractivity contribution is 8.14. The Labute approximate surface area is 66.4 Å². The molecule has 0 fully saturated rings. The van der Waals surface area contributed by atoms with Crippen molar-refractivity contribution in [1.29, 1.82) is 5.41 Å². The summed E-state index contributed by atoms with van der Waals surface area (Å²) in [5, 5.41) is 8.58. The van der Waals surface area contributed by atoms with Crippen LogP contribution in [0.25, 0.3) is 0 Å². The Morgan fingerprint density at radius 3 is 3.00 bits per heavy atom. The van der Waals surface area contributed by atoms with Crippen molar-refractivity contribution in [1.82, 2.24) is 0 Å². The first-order chi connectivity index (χ1) is 4.79. The topological polar surface area (TPSA) is 23.9 Å². The molecule has 2 heteroatoms. The zero-order valence-electron chi connectivity index (χ0n) is 6.26. The van der Waals surface area contributed by atoms with E-state index in [4.69, 9.17) is 5.41 Å². The molecule has 0 saturated carbocycles. The monoisotopic (exact) mass is 155 g/mol. The van der Waals surface area contributed by atoms with Gasteiger partial charge in [-0.3, -0.25) is 5.41 Å². The fourth-order valence-electron chi connectivity index (χ4n) is 1.11. The highest BCUT2D eigenvalue weighted by Gasteiger charge is 2.08. The Kier molecular flexibility index (Phi) is 3.00. The molecule has 0 aromatic heterocycles. The predicted molar refractivity (Wildman–Crippen MR) is 47.8 cm³/mol. The zero-order chi connectivity index (χ0) is 7.40. The van der Waals surface area contributed by atoms with Gasteiger partial charge in [0.15, 0.2) is 0 Å². The van der Waals surface area contributed by atoms with Crippen molar-refractivity contribution in [3.63, 3.8) is 0 Å². The second-order valence-electron chi connectivity index (χ2n) is 2.57. The molecule has 0 aliphatic heterocycles. The lowest BCUT2D eigenvalue weighted by Gasteiger charge is -2.14. The molecule has 0 aromatic carbocycles. The molecule has 0 radical (unpaired) electrons. The fraction of sp³-hybridized carbons (Fsp3) is 0.625. The van der Waals surface area contributed by atoms with Crippen molar-refractivity contribution in [3.05, 3.63) is 12.2 Å². The summed E-state index contributed by atoms with van der Waals surface area (Å²) < 4.78 is 0. The molecule has 0 spiro atoms. The molecular formula is C8H13NS. The molecule has 1 aliphatic rings. The molecule has 1 aliphatic carbocycles. The Hall–Kier alpha value is -0.240. The lowest BCUT2D eigenvalue weighted by molar-refractivity contribution is 0.742. The van der Waals surface area contributed by atoms with Gasteiger partial charge >= 0.3 is 0 Å². The first-order valence-corrected chi connectivity index (χ1v) is 4.55. The number of nitrogens with one attached hydrogen (secondary N) is 1. The van der Waals surface area contributed by atoms with Crippen LogP contribution in [0.2, 0.25) is 0 Å². The van der Waals surface area contributed by atoms with E-state index in [9.17, 15) is 0 Å². The number of allylic oxidation sites excluding steroid dienone is 1. The number of rotatable bonds is 1. The average molecular weight is 155 g/mol. The molecule has 0 aromatic rings. The van der Waals surface area contributed by atoms with Gasteiger partial charge in [0.05, 0.1) is 5.04 Å². The van der Waals surface area contributed by atoms with Gasteiger partial charge in [0.2, 0.25) is 0 Å². The molecule has 0 amide bonds. The van der Waals surface area contributed by atoms with Crippen LogP contribution < -0.4 is 0 Å². The van der Waals surface area contributed by atoms with Gasteiger partial charge in [-0.2, -0.15) is 0 Å². The molecule has 56 valence electrons. The highest BCUT2D eigenvalue weighted by Crippen LogP contribution is 2.23. The first kappa shape index (κ1) is 7.86. The number of thioether (sulfide) groups is 1. The Morgan fingerprint density at radius 1 is 1.70 bits per heavy atom. The Bertz CT molecular complexity index is 151. The molecule has 1 atom stereocenters. The first-order valence-electron chi connectivity index (χ1n) is 3.67. The Balaban J connectivity index is 2.33. The average Bonchev–Trinajstić information content (AvgIpc) is 1.88. The maximum absolute atomic E-state index is 7.26. The SMILES string of the molecule is CC(=N)SC1C=CCCC1. The maximum atomic E-state index is 7.26. The van der Waals surface area contributed by atoms with Gasteiger partial charge in [0.1, 0.15) is 0 Å². The summed E-state index contributed by atoms with van der Waals surface area (Å²) in [6, 6.07) is 0. The van der Waals surface area contributed by atoms with E-state index in [-0.39, 0.29) is 0 Å². The third kappa shape index (κ3) is 2.56. The molecule has 1 unspecified atom stereocenters. The van der Waals surface area contributed by atoms with Crippen molar-refractivity contribution < 1.29 is 0 Å². The van der Waals surface area contributed by atoms with Crippen molar-refractivity contribution in [2.24, 2.45) is 0 Å². The summed E-state index contributed by atoms with van der Waals surface area (Å²) in [5.74, 6) is 0. The van der Waals surface area contributed by atoms with E-state index in [2.05, 4.69) is 12.2 Å². The normalized spacial score (nSPS) is 24.7. The van der Waals surface area contributed by atoms with Crippen LogP contribution in [-0.4, -0.2) is 10.3 Å². The highest BCUT2D eigenvalue weighted by atomic mass is 32.2. The lowest BCUT2D eigenvalue weighted by Crippen LogP contribution is -2.04. The second-order valence-corrected chi connectivity index (χ2v) is 4.03. The van der Waals surface area contributed by atoms with Crippen LogP contribution in [0, 0.1) is 5.41 Å². The zero-order valence-corrected chi connectivity index (χ0v) is 7.08. The molecule has 0 bridgehead atoms. The van der Waals surface area contributed by atoms with E-state index in [1.54, 1.807) is 11.8 Å². The molecular weight excluding hydrogens is 142 g/mol. The lowest BCUT2D eigenvalue weighted by atomic mass is 10.1. The smallest absolute Gasteiger partial charge is 0.0616 e. The third-order valence-corrected chi connectivity index (χ3v) is 2.59. The standard InChI is InChI=1S/C8H13NS/c1-7(9)10-8-5-3-2-4-6-8/h3,5,8-9H,2,4,6H2,1H3. The minimum absolute atomic E-state index is 0.589. The van der Waals surface area contributed by atoms with Crippen LogP contribution in [0.3, 0.4) is 0 Å². The van der Waals surface area contributed by atoms with Crippen molar-refractivity contribution in [2.75, 3.05) is 0 Å². The minimum Gasteiger partial charge on any atom is -0.299 e. The summed E-state index contributed by atoms with van der Waals surface area (Å²) in [7, 11) is 0. The summed E-state index contributed by atoms with van der Waals surface area (Å²) in [4.78, 5) is 0. The van der Waals surface area contributed by atoms with Crippen molar-refractivity contribution in [3.8, 4) is 0 Å². The summed E-state index contributed by atoms with van der Waals surface area (Å²) in [6.45, 7) is 1.85.